The van der Waals surface area contributed by atoms with E-state index in [1.165, 1.54) is 44.3 Å². The lowest BCUT2D eigenvalue weighted by molar-refractivity contribution is -0.115. The minimum atomic E-state index is 0.0325. The zero-order valence-corrected chi connectivity index (χ0v) is 16.8. The third kappa shape index (κ3) is 4.36. The molecule has 1 amide bonds. The second kappa shape index (κ2) is 8.32. The van der Waals surface area contributed by atoms with Gasteiger partial charge in [0.25, 0.3) is 0 Å². The summed E-state index contributed by atoms with van der Waals surface area (Å²) in [7, 11) is 0. The molecule has 0 bridgehead atoms. The van der Waals surface area contributed by atoms with Crippen LogP contribution in [0.15, 0.2) is 55.1 Å². The van der Waals surface area contributed by atoms with Crippen molar-refractivity contribution in [2.24, 2.45) is 0 Å². The Hall–Kier alpha value is -2.39. The lowest BCUT2D eigenvalue weighted by Gasteiger charge is -2.32. The van der Waals surface area contributed by atoms with Crippen LogP contribution in [0.1, 0.15) is 61.6 Å². The molecule has 146 valence electrons. The molecule has 1 saturated carbocycles. The number of likely N-dealkylation sites (tertiary alicyclic amines) is 1. The number of carbonyl (C=O) groups excluding carboxylic acids is 1. The molecule has 1 N–H and O–H groups in total. The molecule has 0 radical (unpaired) electrons. The van der Waals surface area contributed by atoms with Crippen molar-refractivity contribution in [1.82, 2.24) is 4.90 Å². The van der Waals surface area contributed by atoms with Crippen molar-refractivity contribution >= 4 is 17.2 Å². The Bertz CT molecular complexity index is 826. The van der Waals surface area contributed by atoms with Crippen molar-refractivity contribution in [2.45, 2.75) is 51.0 Å². The third-order valence-electron chi connectivity index (χ3n) is 6.16. The topological polar surface area (TPSA) is 32.3 Å². The van der Waals surface area contributed by atoms with Crippen LogP contribution < -0.4 is 5.32 Å². The van der Waals surface area contributed by atoms with Gasteiger partial charge in [0, 0.05) is 18.2 Å². The van der Waals surface area contributed by atoms with Gasteiger partial charge >= 0.3 is 0 Å². The molecule has 2 fully saturated rings. The van der Waals surface area contributed by atoms with E-state index in [-0.39, 0.29) is 5.91 Å². The molecule has 1 saturated heterocycles. The molecule has 0 spiro atoms. The van der Waals surface area contributed by atoms with Crippen molar-refractivity contribution in [2.75, 3.05) is 18.4 Å². The van der Waals surface area contributed by atoms with E-state index in [4.69, 9.17) is 0 Å². The molecule has 0 atom stereocenters. The lowest BCUT2D eigenvalue weighted by Crippen LogP contribution is -2.34. The van der Waals surface area contributed by atoms with Gasteiger partial charge in [0.1, 0.15) is 0 Å². The summed E-state index contributed by atoms with van der Waals surface area (Å²) < 4.78 is 0. The van der Waals surface area contributed by atoms with E-state index >= 15 is 0 Å². The molecule has 1 aliphatic carbocycles. The minimum absolute atomic E-state index is 0.0325. The highest BCUT2D eigenvalue weighted by atomic mass is 16.1. The number of piperidine rings is 1. The van der Waals surface area contributed by atoms with Crippen LogP contribution in [0.5, 0.6) is 0 Å². The summed E-state index contributed by atoms with van der Waals surface area (Å²) in [6.45, 7) is 8.65. The third-order valence-corrected chi connectivity index (χ3v) is 6.16. The number of nitrogens with one attached hydrogen (secondary N) is 1. The first-order valence-electron chi connectivity index (χ1n) is 10.6. The molecule has 2 aromatic carbocycles. The summed E-state index contributed by atoms with van der Waals surface area (Å²) in [4.78, 5) is 14.2. The molecule has 28 heavy (non-hydrogen) atoms. The van der Waals surface area contributed by atoms with Crippen molar-refractivity contribution in [3.8, 4) is 0 Å². The first kappa shape index (κ1) is 18.9. The molecule has 3 nitrogen and oxygen atoms in total. The van der Waals surface area contributed by atoms with E-state index in [0.29, 0.717) is 12.3 Å². The van der Waals surface area contributed by atoms with Crippen LogP contribution in [-0.2, 0) is 4.79 Å². The van der Waals surface area contributed by atoms with Crippen molar-refractivity contribution in [3.05, 3.63) is 71.8 Å². The summed E-state index contributed by atoms with van der Waals surface area (Å²) in [6.07, 6.45) is 5.87. The van der Waals surface area contributed by atoms with E-state index in [2.05, 4.69) is 41.1 Å². The Kier molecular flexibility index (Phi) is 5.63. The molecular weight excluding hydrogens is 344 g/mol. The Balaban J connectivity index is 1.38. The maximum atomic E-state index is 11.5. The van der Waals surface area contributed by atoms with Gasteiger partial charge in [-0.05, 0) is 79.1 Å². The molecular formula is C25H30N2O. The average Bonchev–Trinajstić information content (AvgIpc) is 3.59. The van der Waals surface area contributed by atoms with Gasteiger partial charge in [-0.3, -0.25) is 4.79 Å². The number of hydrogen-bond acceptors (Lipinski definition) is 2. The van der Waals surface area contributed by atoms with Crippen LogP contribution in [0.4, 0.5) is 5.69 Å². The van der Waals surface area contributed by atoms with Gasteiger partial charge in [-0.15, -0.1) is 0 Å². The maximum Gasteiger partial charge on any atom is 0.224 e. The van der Waals surface area contributed by atoms with Gasteiger partial charge < -0.3 is 10.2 Å². The minimum Gasteiger partial charge on any atom is -0.326 e. The highest BCUT2D eigenvalue weighted by molar-refractivity contribution is 5.90. The Labute approximate surface area is 168 Å². The average molecular weight is 375 g/mol. The monoisotopic (exact) mass is 374 g/mol. The highest BCUT2D eigenvalue weighted by Gasteiger charge is 2.32. The van der Waals surface area contributed by atoms with E-state index in [1.807, 2.05) is 31.2 Å². The van der Waals surface area contributed by atoms with Crippen LogP contribution in [0.25, 0.3) is 5.57 Å². The van der Waals surface area contributed by atoms with Gasteiger partial charge in [0.2, 0.25) is 5.91 Å². The van der Waals surface area contributed by atoms with Crippen LogP contribution >= 0.6 is 0 Å². The van der Waals surface area contributed by atoms with Gasteiger partial charge in [0.15, 0.2) is 0 Å². The van der Waals surface area contributed by atoms with Gasteiger partial charge in [-0.1, -0.05) is 49.9 Å². The predicted octanol–water partition coefficient (Wildman–Crippen LogP) is 5.44. The number of amides is 1. The SMILES string of the molecule is C=C(c1ccc(NC(=O)CC)cc1)c1ccc(C2CCN(C3CC3)CC2)cc1. The summed E-state index contributed by atoms with van der Waals surface area (Å²) in [5.74, 6) is 0.726. The molecule has 2 aromatic rings. The summed E-state index contributed by atoms with van der Waals surface area (Å²) >= 11 is 0. The number of carbonyl (C=O) groups is 1. The van der Waals surface area contributed by atoms with Crippen LogP contribution in [0.3, 0.4) is 0 Å². The summed E-state index contributed by atoms with van der Waals surface area (Å²) in [6, 6.07) is 17.8. The first-order chi connectivity index (χ1) is 13.6. The van der Waals surface area contributed by atoms with Gasteiger partial charge in [0.05, 0.1) is 0 Å². The van der Waals surface area contributed by atoms with Crippen LogP contribution in [0.2, 0.25) is 0 Å². The molecule has 3 heteroatoms. The molecule has 1 heterocycles. The fourth-order valence-electron chi connectivity index (χ4n) is 4.16. The Morgan fingerprint density at radius 1 is 0.964 bits per heavy atom. The van der Waals surface area contributed by atoms with E-state index in [1.54, 1.807) is 0 Å². The molecule has 0 unspecified atom stereocenters. The maximum absolute atomic E-state index is 11.5. The van der Waals surface area contributed by atoms with Crippen LogP contribution in [0, 0.1) is 0 Å². The normalized spacial score (nSPS) is 18.0. The second-order valence-electron chi connectivity index (χ2n) is 8.12. The Morgan fingerprint density at radius 3 is 2.07 bits per heavy atom. The predicted molar refractivity (Wildman–Crippen MR) is 117 cm³/mol. The molecule has 2 aliphatic rings. The molecule has 0 aromatic heterocycles. The number of rotatable bonds is 6. The van der Waals surface area contributed by atoms with E-state index < -0.39 is 0 Å². The zero-order valence-electron chi connectivity index (χ0n) is 16.8. The first-order valence-corrected chi connectivity index (χ1v) is 10.6. The standard InChI is InChI=1S/C25H30N2O/c1-3-25(28)26-23-10-8-20(9-11-23)18(2)19-4-6-21(7-5-19)22-14-16-27(17-15-22)24-12-13-24/h4-11,22,24H,2-3,12-17H2,1H3,(H,26,28). The summed E-state index contributed by atoms with van der Waals surface area (Å²) in [5.41, 5.74) is 5.55. The zero-order chi connectivity index (χ0) is 19.5. The highest BCUT2D eigenvalue weighted by Crippen LogP contribution is 2.35. The quantitative estimate of drug-likeness (QED) is 0.730. The smallest absolute Gasteiger partial charge is 0.224 e. The second-order valence-corrected chi connectivity index (χ2v) is 8.12. The summed E-state index contributed by atoms with van der Waals surface area (Å²) in [5, 5.41) is 2.88. The van der Waals surface area contributed by atoms with E-state index in [0.717, 1.165) is 28.4 Å². The largest absolute Gasteiger partial charge is 0.326 e. The fraction of sp³-hybridized carbons (Fsp3) is 0.400. The van der Waals surface area contributed by atoms with E-state index in [9.17, 15) is 4.79 Å². The van der Waals surface area contributed by atoms with Crippen molar-refractivity contribution in [1.29, 1.82) is 0 Å². The molecule has 4 rings (SSSR count). The van der Waals surface area contributed by atoms with Gasteiger partial charge in [-0.25, -0.2) is 0 Å². The van der Waals surface area contributed by atoms with Gasteiger partial charge in [-0.2, -0.15) is 0 Å². The lowest BCUT2D eigenvalue weighted by atomic mass is 9.88. The number of hydrogen-bond donors (Lipinski definition) is 1. The van der Waals surface area contributed by atoms with Crippen molar-refractivity contribution in [3.63, 3.8) is 0 Å². The number of anilines is 1. The van der Waals surface area contributed by atoms with Crippen LogP contribution in [-0.4, -0.2) is 29.9 Å². The Morgan fingerprint density at radius 2 is 1.54 bits per heavy atom. The number of benzene rings is 2. The number of nitrogens with zero attached hydrogens (tertiary/aromatic N) is 1. The van der Waals surface area contributed by atoms with Crippen molar-refractivity contribution < 1.29 is 4.79 Å². The fourth-order valence-corrected chi connectivity index (χ4v) is 4.16. The molecule has 1 aliphatic heterocycles.